The fraction of sp³-hybridized carbons (Fsp3) is 0.167. The van der Waals surface area contributed by atoms with E-state index in [1.807, 2.05) is 38.1 Å². The van der Waals surface area contributed by atoms with Crippen LogP contribution < -0.4 is 20.9 Å². The molecule has 0 aliphatic carbocycles. The largest absolute Gasteiger partial charge is 0.483 e. The first-order chi connectivity index (χ1) is 12.3. The number of halogens is 1. The number of ether oxygens (including phenoxy) is 1. The van der Waals surface area contributed by atoms with Crippen molar-refractivity contribution >= 4 is 45.1 Å². The highest BCUT2D eigenvalue weighted by molar-refractivity contribution is 9.10. The third kappa shape index (κ3) is 6.12. The molecular weight excluding hydrogens is 418 g/mol. The van der Waals surface area contributed by atoms with Gasteiger partial charge in [-0.2, -0.15) is 0 Å². The van der Waals surface area contributed by atoms with Gasteiger partial charge in [-0.05, 0) is 71.8 Å². The second-order valence-electron chi connectivity index (χ2n) is 5.55. The van der Waals surface area contributed by atoms with E-state index < -0.39 is 5.91 Å². The fourth-order valence-corrected chi connectivity index (χ4v) is 2.69. The van der Waals surface area contributed by atoms with Gasteiger partial charge in [-0.3, -0.25) is 25.8 Å². The highest BCUT2D eigenvalue weighted by Crippen LogP contribution is 2.25. The number of hydrogen-bond acceptors (Lipinski definition) is 4. The first-order valence-electron chi connectivity index (χ1n) is 7.71. The predicted molar refractivity (Wildman–Crippen MR) is 107 cm³/mol. The van der Waals surface area contributed by atoms with Crippen molar-refractivity contribution in [2.45, 2.75) is 13.8 Å². The summed E-state index contributed by atoms with van der Waals surface area (Å²) in [5, 5.41) is 2.47. The molecule has 6 nitrogen and oxygen atoms in total. The summed E-state index contributed by atoms with van der Waals surface area (Å²) in [6.07, 6.45) is 0. The van der Waals surface area contributed by atoms with Crippen molar-refractivity contribution in [2.75, 3.05) is 6.61 Å². The van der Waals surface area contributed by atoms with Crippen molar-refractivity contribution in [1.82, 2.24) is 16.2 Å². The van der Waals surface area contributed by atoms with Crippen LogP contribution in [0.5, 0.6) is 5.75 Å². The van der Waals surface area contributed by atoms with Crippen LogP contribution in [0.4, 0.5) is 0 Å². The molecule has 26 heavy (non-hydrogen) atoms. The van der Waals surface area contributed by atoms with E-state index in [1.165, 1.54) is 0 Å². The maximum Gasteiger partial charge on any atom is 0.276 e. The third-order valence-electron chi connectivity index (χ3n) is 3.30. The quantitative estimate of drug-likeness (QED) is 0.508. The number of rotatable bonds is 4. The zero-order valence-electron chi connectivity index (χ0n) is 14.3. The zero-order valence-corrected chi connectivity index (χ0v) is 16.7. The van der Waals surface area contributed by atoms with E-state index in [9.17, 15) is 9.59 Å². The van der Waals surface area contributed by atoms with Crippen LogP contribution in [-0.2, 0) is 4.79 Å². The fourth-order valence-electron chi connectivity index (χ4n) is 1.94. The van der Waals surface area contributed by atoms with Crippen LogP contribution in [0.15, 0.2) is 46.9 Å². The van der Waals surface area contributed by atoms with Crippen LogP contribution in [0, 0.1) is 13.8 Å². The van der Waals surface area contributed by atoms with Gasteiger partial charge in [0.1, 0.15) is 5.75 Å². The Balaban J connectivity index is 1.75. The summed E-state index contributed by atoms with van der Waals surface area (Å²) in [7, 11) is 0. The second-order valence-corrected chi connectivity index (χ2v) is 6.81. The van der Waals surface area contributed by atoms with Crippen molar-refractivity contribution in [1.29, 1.82) is 0 Å². The maximum absolute atomic E-state index is 12.0. The summed E-state index contributed by atoms with van der Waals surface area (Å²) in [5.41, 5.74) is 7.42. The van der Waals surface area contributed by atoms with Gasteiger partial charge in [-0.1, -0.05) is 23.8 Å². The molecule has 2 aromatic rings. The lowest BCUT2D eigenvalue weighted by molar-refractivity contribution is -0.123. The molecule has 0 spiro atoms. The molecule has 8 heteroatoms. The van der Waals surface area contributed by atoms with Crippen LogP contribution in [-0.4, -0.2) is 23.5 Å². The van der Waals surface area contributed by atoms with Crippen LogP contribution in [0.3, 0.4) is 0 Å². The third-order valence-corrected chi connectivity index (χ3v) is 4.13. The number of nitrogens with one attached hydrogen (secondary N) is 3. The first-order valence-corrected chi connectivity index (χ1v) is 8.91. The molecule has 2 aromatic carbocycles. The minimum Gasteiger partial charge on any atom is -0.483 e. The van der Waals surface area contributed by atoms with Crippen LogP contribution >= 0.6 is 28.1 Å². The maximum atomic E-state index is 12.0. The molecule has 136 valence electrons. The number of benzene rings is 2. The van der Waals surface area contributed by atoms with Crippen molar-refractivity contribution < 1.29 is 14.3 Å². The Morgan fingerprint density at radius 1 is 1.04 bits per heavy atom. The van der Waals surface area contributed by atoms with Gasteiger partial charge in [0.25, 0.3) is 11.8 Å². The van der Waals surface area contributed by atoms with E-state index in [-0.39, 0.29) is 17.6 Å². The summed E-state index contributed by atoms with van der Waals surface area (Å²) < 4.78 is 6.18. The average Bonchev–Trinajstić information content (AvgIpc) is 2.59. The predicted octanol–water partition coefficient (Wildman–Crippen LogP) is 2.78. The minimum atomic E-state index is -0.440. The molecule has 2 rings (SSSR count). The van der Waals surface area contributed by atoms with Gasteiger partial charge >= 0.3 is 0 Å². The number of thiocarbonyl (C=S) groups is 1. The highest BCUT2D eigenvalue weighted by atomic mass is 79.9. The number of carbonyl (C=O) groups excluding carboxylic acids is 2. The Kier molecular flexibility index (Phi) is 7.11. The topological polar surface area (TPSA) is 79.5 Å². The normalized spacial score (nSPS) is 9.96. The van der Waals surface area contributed by atoms with E-state index in [1.54, 1.807) is 18.2 Å². The number of aryl methyl sites for hydroxylation is 2. The Bertz CT molecular complexity index is 825. The van der Waals surface area contributed by atoms with E-state index in [0.717, 1.165) is 15.6 Å². The molecule has 0 atom stereocenters. The summed E-state index contributed by atoms with van der Waals surface area (Å²) in [4.78, 5) is 23.8. The Labute approximate surface area is 165 Å². The molecule has 0 radical (unpaired) electrons. The lowest BCUT2D eigenvalue weighted by Gasteiger charge is -2.12. The molecule has 0 aromatic heterocycles. The number of hydrazine groups is 1. The monoisotopic (exact) mass is 435 g/mol. The number of hydrogen-bond donors (Lipinski definition) is 3. The van der Waals surface area contributed by atoms with Crippen LogP contribution in [0.2, 0.25) is 0 Å². The molecule has 0 aliphatic rings. The smallest absolute Gasteiger partial charge is 0.276 e. The number of carbonyl (C=O) groups is 2. The molecule has 0 saturated carbocycles. The molecule has 0 heterocycles. The van der Waals surface area contributed by atoms with Crippen LogP contribution in [0.1, 0.15) is 21.5 Å². The SMILES string of the molecule is Cc1ccc(C(=O)NC(=S)NNC(=O)COc2ccc(C)cc2Br)cc1. The van der Waals surface area contributed by atoms with Gasteiger partial charge in [0.05, 0.1) is 4.47 Å². The average molecular weight is 436 g/mol. The van der Waals surface area contributed by atoms with Gasteiger partial charge in [-0.25, -0.2) is 0 Å². The van der Waals surface area contributed by atoms with E-state index in [4.69, 9.17) is 17.0 Å². The van der Waals surface area contributed by atoms with Gasteiger partial charge < -0.3 is 4.74 Å². The van der Waals surface area contributed by atoms with Crippen molar-refractivity contribution in [2.24, 2.45) is 0 Å². The minimum absolute atomic E-state index is 0.0135. The summed E-state index contributed by atoms with van der Waals surface area (Å²) in [6.45, 7) is 3.68. The van der Waals surface area contributed by atoms with Gasteiger partial charge in [0, 0.05) is 5.56 Å². The standard InChI is InChI=1S/C18H18BrN3O3S/c1-11-3-6-13(7-4-11)17(24)20-18(26)22-21-16(23)10-25-15-8-5-12(2)9-14(15)19/h3-9H,10H2,1-2H3,(H,21,23)(H2,20,22,24,26). The molecule has 0 bridgehead atoms. The molecule has 0 unspecified atom stereocenters. The second kappa shape index (κ2) is 9.30. The summed E-state index contributed by atoms with van der Waals surface area (Å²) >= 11 is 8.35. The first kappa shape index (κ1) is 19.9. The summed E-state index contributed by atoms with van der Waals surface area (Å²) in [6, 6.07) is 12.6. The Morgan fingerprint density at radius 2 is 1.69 bits per heavy atom. The molecular formula is C18H18BrN3O3S. The summed E-state index contributed by atoms with van der Waals surface area (Å²) in [5.74, 6) is -0.248. The van der Waals surface area contributed by atoms with Gasteiger partial charge in [0.15, 0.2) is 11.7 Å². The molecule has 0 saturated heterocycles. The van der Waals surface area contributed by atoms with Crippen molar-refractivity contribution in [3.05, 3.63) is 63.6 Å². The van der Waals surface area contributed by atoms with E-state index >= 15 is 0 Å². The van der Waals surface area contributed by atoms with Crippen molar-refractivity contribution in [3.63, 3.8) is 0 Å². The zero-order chi connectivity index (χ0) is 19.1. The van der Waals surface area contributed by atoms with Gasteiger partial charge in [0.2, 0.25) is 0 Å². The van der Waals surface area contributed by atoms with Gasteiger partial charge in [-0.15, -0.1) is 0 Å². The van der Waals surface area contributed by atoms with E-state index in [2.05, 4.69) is 32.1 Å². The number of amides is 2. The highest BCUT2D eigenvalue weighted by Gasteiger charge is 2.09. The Morgan fingerprint density at radius 3 is 2.35 bits per heavy atom. The van der Waals surface area contributed by atoms with Crippen molar-refractivity contribution in [3.8, 4) is 5.75 Å². The molecule has 3 N–H and O–H groups in total. The lowest BCUT2D eigenvalue weighted by Crippen LogP contribution is -2.49. The van der Waals surface area contributed by atoms with E-state index in [0.29, 0.717) is 11.3 Å². The molecule has 2 amide bonds. The lowest BCUT2D eigenvalue weighted by atomic mass is 10.1. The van der Waals surface area contributed by atoms with Crippen LogP contribution in [0.25, 0.3) is 0 Å². The molecule has 0 fully saturated rings. The Hall–Kier alpha value is -2.45. The molecule has 0 aliphatic heterocycles.